The van der Waals surface area contributed by atoms with Crippen LogP contribution in [-0.4, -0.2) is 18.1 Å². The fraction of sp³-hybridized carbons (Fsp3) is 0.133. The van der Waals surface area contributed by atoms with Gasteiger partial charge >= 0.3 is 5.97 Å². The van der Waals surface area contributed by atoms with E-state index in [1.165, 1.54) is 24.3 Å². The zero-order valence-electron chi connectivity index (χ0n) is 11.3. The Morgan fingerprint density at radius 2 is 2.05 bits per heavy atom. The Morgan fingerprint density at radius 1 is 1.33 bits per heavy atom. The lowest BCUT2D eigenvalue weighted by Gasteiger charge is -2.21. The third-order valence-corrected chi connectivity index (χ3v) is 3.40. The molecule has 0 radical (unpaired) electrons. The molecule has 0 aliphatic carbocycles. The minimum absolute atomic E-state index is 0.0757. The van der Waals surface area contributed by atoms with E-state index in [0.717, 1.165) is 5.56 Å². The van der Waals surface area contributed by atoms with Crippen LogP contribution in [0.3, 0.4) is 0 Å². The number of nitrogen functional groups attached to an aromatic ring is 1. The maximum absolute atomic E-state index is 13.4. The van der Waals surface area contributed by atoms with Crippen molar-refractivity contribution in [1.29, 1.82) is 0 Å². The largest absolute Gasteiger partial charge is 0.478 e. The van der Waals surface area contributed by atoms with Gasteiger partial charge in [-0.1, -0.05) is 17.7 Å². The topological polar surface area (TPSA) is 66.6 Å². The second-order valence-corrected chi connectivity index (χ2v) is 5.09. The number of nitrogens with two attached hydrogens (primary N) is 1. The van der Waals surface area contributed by atoms with E-state index in [2.05, 4.69) is 0 Å². The number of carbonyl (C=O) groups is 1. The van der Waals surface area contributed by atoms with E-state index in [1.807, 2.05) is 4.90 Å². The number of hydrogen-bond donors (Lipinski definition) is 2. The number of carboxylic acid groups (broad SMARTS) is 1. The molecule has 0 spiro atoms. The number of hydrogen-bond acceptors (Lipinski definition) is 3. The summed E-state index contributed by atoms with van der Waals surface area (Å²) in [5.74, 6) is -1.51. The minimum Gasteiger partial charge on any atom is -0.478 e. The molecule has 2 aromatic rings. The number of rotatable bonds is 4. The first-order chi connectivity index (χ1) is 9.88. The normalized spacial score (nSPS) is 10.4. The average Bonchev–Trinajstić information content (AvgIpc) is 2.42. The highest BCUT2D eigenvalue weighted by atomic mass is 35.5. The maximum Gasteiger partial charge on any atom is 0.335 e. The van der Waals surface area contributed by atoms with Gasteiger partial charge in [-0.25, -0.2) is 9.18 Å². The van der Waals surface area contributed by atoms with Crippen LogP contribution < -0.4 is 10.6 Å². The number of anilines is 2. The van der Waals surface area contributed by atoms with Crippen LogP contribution in [-0.2, 0) is 6.54 Å². The van der Waals surface area contributed by atoms with Crippen molar-refractivity contribution in [3.63, 3.8) is 0 Å². The Bertz CT molecular complexity index is 691. The van der Waals surface area contributed by atoms with Crippen molar-refractivity contribution in [2.75, 3.05) is 17.7 Å². The first-order valence-corrected chi connectivity index (χ1v) is 6.54. The molecule has 0 saturated heterocycles. The number of aromatic carboxylic acids is 1. The summed E-state index contributed by atoms with van der Waals surface area (Å²) in [6.45, 7) is 0.421. The summed E-state index contributed by atoms with van der Waals surface area (Å²) in [7, 11) is 1.79. The summed E-state index contributed by atoms with van der Waals surface area (Å²) in [6, 6.07) is 9.09. The van der Waals surface area contributed by atoms with Crippen molar-refractivity contribution >= 4 is 28.9 Å². The quantitative estimate of drug-likeness (QED) is 0.850. The number of benzene rings is 2. The molecule has 110 valence electrons. The highest BCUT2D eigenvalue weighted by molar-refractivity contribution is 6.30. The molecular weight excluding hydrogens is 295 g/mol. The van der Waals surface area contributed by atoms with E-state index in [0.29, 0.717) is 17.9 Å². The van der Waals surface area contributed by atoms with Crippen LogP contribution in [0.4, 0.5) is 15.8 Å². The first kappa shape index (κ1) is 15.1. The van der Waals surface area contributed by atoms with Crippen molar-refractivity contribution < 1.29 is 14.3 Å². The third kappa shape index (κ3) is 3.44. The van der Waals surface area contributed by atoms with Crippen LogP contribution in [0.2, 0.25) is 5.02 Å². The Hall–Kier alpha value is -2.27. The van der Waals surface area contributed by atoms with E-state index < -0.39 is 11.8 Å². The Kier molecular flexibility index (Phi) is 4.33. The van der Waals surface area contributed by atoms with Crippen LogP contribution in [0, 0.1) is 5.82 Å². The van der Waals surface area contributed by atoms with Gasteiger partial charge in [0.2, 0.25) is 0 Å². The van der Waals surface area contributed by atoms with Crippen LogP contribution in [0.5, 0.6) is 0 Å². The van der Waals surface area contributed by atoms with Crippen molar-refractivity contribution in [3.05, 3.63) is 58.4 Å². The second-order valence-electron chi connectivity index (χ2n) is 4.68. The Balaban J connectivity index is 2.21. The lowest BCUT2D eigenvalue weighted by molar-refractivity contribution is 0.0697. The first-order valence-electron chi connectivity index (χ1n) is 6.16. The zero-order chi connectivity index (χ0) is 15.6. The van der Waals surface area contributed by atoms with Crippen LogP contribution in [0.15, 0.2) is 36.4 Å². The molecule has 0 atom stereocenters. The molecule has 3 N–H and O–H groups in total. The SMILES string of the molecule is CN(Cc1ccc(Cl)c(F)c1)c1ccc(C(=O)O)cc1N. The molecule has 6 heteroatoms. The van der Waals surface area contributed by atoms with Gasteiger partial charge in [0, 0.05) is 13.6 Å². The van der Waals surface area contributed by atoms with Crippen molar-refractivity contribution in [3.8, 4) is 0 Å². The van der Waals surface area contributed by atoms with Crippen molar-refractivity contribution in [2.24, 2.45) is 0 Å². The van der Waals surface area contributed by atoms with Gasteiger partial charge in [0.15, 0.2) is 0 Å². The summed E-state index contributed by atoms with van der Waals surface area (Å²) in [6.07, 6.45) is 0. The molecule has 2 rings (SSSR count). The van der Waals surface area contributed by atoms with Crippen molar-refractivity contribution in [1.82, 2.24) is 0 Å². The third-order valence-electron chi connectivity index (χ3n) is 3.09. The average molecular weight is 309 g/mol. The van der Waals surface area contributed by atoms with E-state index in [1.54, 1.807) is 19.2 Å². The molecular formula is C15H14ClFN2O2. The molecule has 0 aromatic heterocycles. The summed E-state index contributed by atoms with van der Waals surface area (Å²) in [5, 5.41) is 8.98. The number of nitrogens with zero attached hydrogens (tertiary/aromatic N) is 1. The summed E-state index contributed by atoms with van der Waals surface area (Å²) in [5.41, 5.74) is 7.76. The molecule has 0 unspecified atom stereocenters. The van der Waals surface area contributed by atoms with E-state index >= 15 is 0 Å². The van der Waals surface area contributed by atoms with Crippen LogP contribution >= 0.6 is 11.6 Å². The minimum atomic E-state index is -1.03. The Morgan fingerprint density at radius 3 is 2.62 bits per heavy atom. The molecule has 0 amide bonds. The molecule has 0 aliphatic heterocycles. The molecule has 0 saturated carbocycles. The van der Waals surface area contributed by atoms with Gasteiger partial charge in [-0.15, -0.1) is 0 Å². The summed E-state index contributed by atoms with van der Waals surface area (Å²) < 4.78 is 13.4. The van der Waals surface area contributed by atoms with Gasteiger partial charge in [0.25, 0.3) is 0 Å². The van der Waals surface area contributed by atoms with Crippen LogP contribution in [0.25, 0.3) is 0 Å². The predicted molar refractivity (Wildman–Crippen MR) is 81.3 cm³/mol. The molecule has 0 heterocycles. The summed E-state index contributed by atoms with van der Waals surface area (Å²) in [4.78, 5) is 12.7. The lowest BCUT2D eigenvalue weighted by Crippen LogP contribution is -2.18. The molecule has 4 nitrogen and oxygen atoms in total. The molecule has 0 bridgehead atoms. The summed E-state index contributed by atoms with van der Waals surface area (Å²) >= 11 is 5.64. The molecule has 0 aliphatic rings. The molecule has 2 aromatic carbocycles. The highest BCUT2D eigenvalue weighted by Crippen LogP contribution is 2.25. The zero-order valence-corrected chi connectivity index (χ0v) is 12.1. The maximum atomic E-state index is 13.4. The van der Waals surface area contributed by atoms with Gasteiger partial charge in [-0.2, -0.15) is 0 Å². The van der Waals surface area contributed by atoms with E-state index in [4.69, 9.17) is 22.4 Å². The fourth-order valence-electron chi connectivity index (χ4n) is 2.03. The molecule has 0 fully saturated rings. The fourth-order valence-corrected chi connectivity index (χ4v) is 2.15. The van der Waals surface area contributed by atoms with Gasteiger partial charge < -0.3 is 15.7 Å². The second kappa shape index (κ2) is 6.01. The predicted octanol–water partition coefficient (Wildman–Crippen LogP) is 3.40. The number of halogens is 2. The molecule has 21 heavy (non-hydrogen) atoms. The van der Waals surface area contributed by atoms with E-state index in [-0.39, 0.29) is 10.6 Å². The van der Waals surface area contributed by atoms with Crippen LogP contribution in [0.1, 0.15) is 15.9 Å². The van der Waals surface area contributed by atoms with Gasteiger partial charge in [0.05, 0.1) is 22.0 Å². The highest BCUT2D eigenvalue weighted by Gasteiger charge is 2.11. The standard InChI is InChI=1S/C15H14ClFN2O2/c1-19(8-9-2-4-11(16)12(17)6-9)14-5-3-10(15(20)21)7-13(14)18/h2-7H,8,18H2,1H3,(H,20,21). The van der Waals surface area contributed by atoms with E-state index in [9.17, 15) is 9.18 Å². The van der Waals surface area contributed by atoms with Gasteiger partial charge in [-0.05, 0) is 35.9 Å². The monoisotopic (exact) mass is 308 g/mol. The Labute approximate surface area is 126 Å². The number of carboxylic acids is 1. The van der Waals surface area contributed by atoms with Crippen molar-refractivity contribution in [2.45, 2.75) is 6.54 Å². The lowest BCUT2D eigenvalue weighted by atomic mass is 10.1. The van der Waals surface area contributed by atoms with Gasteiger partial charge in [-0.3, -0.25) is 0 Å². The smallest absolute Gasteiger partial charge is 0.335 e. The van der Waals surface area contributed by atoms with Gasteiger partial charge in [0.1, 0.15) is 5.82 Å².